The fourth-order valence-electron chi connectivity index (χ4n) is 5.69. The SMILES string of the molecule is CCC(CCCC1CO1)(C1CCC(O)CC1)C1CCC(O)CC1. The topological polar surface area (TPSA) is 53.0 Å². The van der Waals surface area contributed by atoms with Gasteiger partial charge in [-0.1, -0.05) is 13.3 Å². The van der Waals surface area contributed by atoms with Crippen molar-refractivity contribution < 1.29 is 14.9 Å². The molecule has 3 rings (SSSR count). The van der Waals surface area contributed by atoms with Crippen LogP contribution in [0.2, 0.25) is 0 Å². The van der Waals surface area contributed by atoms with Gasteiger partial charge in [-0.25, -0.2) is 0 Å². The number of hydrogen-bond donors (Lipinski definition) is 2. The van der Waals surface area contributed by atoms with Crippen LogP contribution in [0.25, 0.3) is 0 Å². The molecular weight excluding hydrogens is 288 g/mol. The van der Waals surface area contributed by atoms with E-state index in [4.69, 9.17) is 4.74 Å². The predicted octanol–water partition coefficient (Wildman–Crippen LogP) is 4.05. The predicted molar refractivity (Wildman–Crippen MR) is 92.2 cm³/mol. The lowest BCUT2D eigenvalue weighted by Crippen LogP contribution is -2.42. The van der Waals surface area contributed by atoms with Gasteiger partial charge in [0.25, 0.3) is 0 Å². The second-order valence-electron chi connectivity index (χ2n) is 8.45. The van der Waals surface area contributed by atoms with Crippen molar-refractivity contribution in [3.8, 4) is 0 Å². The Hall–Kier alpha value is -0.120. The molecule has 3 nitrogen and oxygen atoms in total. The number of epoxide rings is 1. The minimum Gasteiger partial charge on any atom is -0.393 e. The molecule has 1 unspecified atom stereocenters. The Kier molecular flexibility index (Phi) is 6.03. The van der Waals surface area contributed by atoms with Gasteiger partial charge in [0.2, 0.25) is 0 Å². The van der Waals surface area contributed by atoms with Crippen LogP contribution in [0.3, 0.4) is 0 Å². The average Bonchev–Trinajstić information content (AvgIpc) is 3.38. The number of hydrogen-bond acceptors (Lipinski definition) is 3. The summed E-state index contributed by atoms with van der Waals surface area (Å²) in [5, 5.41) is 19.8. The first-order chi connectivity index (χ1) is 11.1. The summed E-state index contributed by atoms with van der Waals surface area (Å²) in [4.78, 5) is 0. The zero-order valence-corrected chi connectivity index (χ0v) is 14.9. The molecule has 134 valence electrons. The van der Waals surface area contributed by atoms with Crippen LogP contribution < -0.4 is 0 Å². The molecular formula is C20H36O3. The molecule has 2 saturated carbocycles. The lowest BCUT2D eigenvalue weighted by molar-refractivity contribution is -0.0307. The summed E-state index contributed by atoms with van der Waals surface area (Å²) < 4.78 is 5.41. The van der Waals surface area contributed by atoms with E-state index in [1.807, 2.05) is 0 Å². The van der Waals surface area contributed by atoms with Gasteiger partial charge < -0.3 is 14.9 Å². The Bertz CT molecular complexity index is 328. The molecule has 0 bridgehead atoms. The summed E-state index contributed by atoms with van der Waals surface area (Å²) >= 11 is 0. The minimum atomic E-state index is -0.0613. The van der Waals surface area contributed by atoms with Crippen LogP contribution in [-0.2, 0) is 4.74 Å². The third-order valence-electron chi connectivity index (χ3n) is 7.25. The van der Waals surface area contributed by atoms with Gasteiger partial charge >= 0.3 is 0 Å². The molecule has 23 heavy (non-hydrogen) atoms. The summed E-state index contributed by atoms with van der Waals surface area (Å²) in [5.74, 6) is 1.55. The largest absolute Gasteiger partial charge is 0.393 e. The quantitative estimate of drug-likeness (QED) is 0.695. The van der Waals surface area contributed by atoms with Crippen molar-refractivity contribution in [2.45, 2.75) is 102 Å². The van der Waals surface area contributed by atoms with Crippen LogP contribution in [0, 0.1) is 17.3 Å². The van der Waals surface area contributed by atoms with Gasteiger partial charge in [-0.2, -0.15) is 0 Å². The molecule has 2 N–H and O–H groups in total. The van der Waals surface area contributed by atoms with Gasteiger partial charge in [0.05, 0.1) is 24.9 Å². The standard InChI is InChI=1S/C20H36O3/c1-2-20(13-3-4-19-14-23-19,15-5-9-17(21)10-6-15)16-7-11-18(22)12-8-16/h15-19,21-22H,2-14H2,1H3. The second-order valence-corrected chi connectivity index (χ2v) is 8.45. The maximum atomic E-state index is 9.92. The third kappa shape index (κ3) is 4.29. The van der Waals surface area contributed by atoms with E-state index in [9.17, 15) is 10.2 Å². The van der Waals surface area contributed by atoms with Crippen LogP contribution in [0.1, 0.15) is 84.0 Å². The number of aliphatic hydroxyl groups is 2. The first kappa shape index (κ1) is 17.7. The van der Waals surface area contributed by atoms with E-state index in [0.717, 1.165) is 44.1 Å². The molecule has 1 heterocycles. The average molecular weight is 325 g/mol. The highest BCUT2D eigenvalue weighted by Crippen LogP contribution is 2.54. The first-order valence-corrected chi connectivity index (χ1v) is 10.1. The van der Waals surface area contributed by atoms with E-state index < -0.39 is 0 Å². The highest BCUT2D eigenvalue weighted by molar-refractivity contribution is 4.95. The summed E-state index contributed by atoms with van der Waals surface area (Å²) in [6.07, 6.45) is 14.3. The summed E-state index contributed by atoms with van der Waals surface area (Å²) in [6, 6.07) is 0. The molecule has 3 heteroatoms. The molecule has 1 saturated heterocycles. The molecule has 3 aliphatic rings. The van der Waals surface area contributed by atoms with Crippen molar-refractivity contribution in [2.24, 2.45) is 17.3 Å². The van der Waals surface area contributed by atoms with Gasteiger partial charge in [0, 0.05) is 0 Å². The van der Waals surface area contributed by atoms with Crippen molar-refractivity contribution in [1.29, 1.82) is 0 Å². The van der Waals surface area contributed by atoms with Crippen LogP contribution in [0.15, 0.2) is 0 Å². The van der Waals surface area contributed by atoms with E-state index in [1.54, 1.807) is 0 Å². The molecule has 3 fully saturated rings. The van der Waals surface area contributed by atoms with E-state index in [-0.39, 0.29) is 12.2 Å². The zero-order valence-electron chi connectivity index (χ0n) is 14.9. The van der Waals surface area contributed by atoms with Gasteiger partial charge in [-0.05, 0) is 87.9 Å². The molecule has 2 aliphatic carbocycles. The Labute approximate surface area is 141 Å². The van der Waals surface area contributed by atoms with Crippen molar-refractivity contribution in [2.75, 3.05) is 6.61 Å². The molecule has 0 aromatic heterocycles. The van der Waals surface area contributed by atoms with Gasteiger partial charge in [-0.3, -0.25) is 0 Å². The molecule has 0 radical (unpaired) electrons. The Morgan fingerprint density at radius 2 is 1.35 bits per heavy atom. The smallest absolute Gasteiger partial charge is 0.0810 e. The van der Waals surface area contributed by atoms with Crippen LogP contribution in [-0.4, -0.2) is 35.1 Å². The first-order valence-electron chi connectivity index (χ1n) is 10.1. The lowest BCUT2D eigenvalue weighted by Gasteiger charge is -2.50. The van der Waals surface area contributed by atoms with Crippen LogP contribution in [0.4, 0.5) is 0 Å². The van der Waals surface area contributed by atoms with Gasteiger partial charge in [0.15, 0.2) is 0 Å². The second kappa shape index (κ2) is 7.84. The van der Waals surface area contributed by atoms with Crippen molar-refractivity contribution in [3.63, 3.8) is 0 Å². The Balaban J connectivity index is 1.68. The van der Waals surface area contributed by atoms with Crippen molar-refractivity contribution in [1.82, 2.24) is 0 Å². The zero-order chi connectivity index (χ0) is 16.3. The molecule has 1 aliphatic heterocycles. The van der Waals surface area contributed by atoms with Gasteiger partial charge in [0.1, 0.15) is 0 Å². The monoisotopic (exact) mass is 324 g/mol. The summed E-state index contributed by atoms with van der Waals surface area (Å²) in [7, 11) is 0. The van der Waals surface area contributed by atoms with Gasteiger partial charge in [-0.15, -0.1) is 0 Å². The van der Waals surface area contributed by atoms with E-state index in [2.05, 4.69) is 6.92 Å². The normalized spacial score (nSPS) is 40.6. The molecule has 0 spiro atoms. The number of aliphatic hydroxyl groups excluding tert-OH is 2. The van der Waals surface area contributed by atoms with Crippen molar-refractivity contribution in [3.05, 3.63) is 0 Å². The number of rotatable bonds is 7. The lowest BCUT2D eigenvalue weighted by atomic mass is 9.55. The molecule has 0 aromatic carbocycles. The minimum absolute atomic E-state index is 0.0613. The van der Waals surface area contributed by atoms with E-state index >= 15 is 0 Å². The summed E-state index contributed by atoms with van der Waals surface area (Å²) in [6.45, 7) is 3.37. The van der Waals surface area contributed by atoms with Crippen LogP contribution in [0.5, 0.6) is 0 Å². The highest BCUT2D eigenvalue weighted by atomic mass is 16.6. The van der Waals surface area contributed by atoms with Crippen LogP contribution >= 0.6 is 0 Å². The van der Waals surface area contributed by atoms with E-state index in [0.29, 0.717) is 11.5 Å². The maximum absolute atomic E-state index is 9.92. The Morgan fingerprint density at radius 1 is 0.870 bits per heavy atom. The molecule has 1 atom stereocenters. The number of ether oxygens (including phenoxy) is 1. The molecule has 0 amide bonds. The van der Waals surface area contributed by atoms with E-state index in [1.165, 1.54) is 51.4 Å². The van der Waals surface area contributed by atoms with Crippen molar-refractivity contribution >= 4 is 0 Å². The third-order valence-corrected chi connectivity index (χ3v) is 7.25. The molecule has 0 aromatic rings. The Morgan fingerprint density at radius 3 is 1.74 bits per heavy atom. The summed E-state index contributed by atoms with van der Waals surface area (Å²) in [5.41, 5.74) is 0.440. The highest BCUT2D eigenvalue weighted by Gasteiger charge is 2.45. The maximum Gasteiger partial charge on any atom is 0.0810 e. The fraction of sp³-hybridized carbons (Fsp3) is 1.00. The fourth-order valence-corrected chi connectivity index (χ4v) is 5.69.